The first-order valence-electron chi connectivity index (χ1n) is 9.70. The molecule has 0 radical (unpaired) electrons. The molecule has 0 aliphatic carbocycles. The van der Waals surface area contributed by atoms with Crippen LogP contribution in [0, 0.1) is 0 Å². The third kappa shape index (κ3) is 18.5. The summed E-state index contributed by atoms with van der Waals surface area (Å²) < 4.78 is 32.6. The van der Waals surface area contributed by atoms with E-state index in [4.69, 9.17) is 33.5 Å². The highest BCUT2D eigenvalue weighted by Crippen LogP contribution is 2.12. The summed E-state index contributed by atoms with van der Waals surface area (Å²) in [4.78, 5) is 0. The minimum absolute atomic E-state index is 0.0297. The van der Waals surface area contributed by atoms with Crippen LogP contribution >= 0.6 is 0 Å². The van der Waals surface area contributed by atoms with Crippen molar-refractivity contribution in [2.75, 3.05) is 72.7 Å². The molecule has 2 atom stereocenters. The largest absolute Gasteiger partial charge is 0.394 e. The van der Waals surface area contributed by atoms with Crippen molar-refractivity contribution >= 4 is 0 Å². The topological polar surface area (TPSA) is 75.6 Å². The van der Waals surface area contributed by atoms with Gasteiger partial charge in [0.15, 0.2) is 0 Å². The summed E-state index contributed by atoms with van der Waals surface area (Å²) in [7, 11) is 0. The van der Waals surface area contributed by atoms with Gasteiger partial charge in [-0.1, -0.05) is 0 Å². The lowest BCUT2D eigenvalue weighted by Crippen LogP contribution is -2.41. The number of aliphatic hydroxyl groups is 1. The maximum absolute atomic E-state index is 8.07. The molecule has 2 unspecified atom stereocenters. The van der Waals surface area contributed by atoms with E-state index in [-0.39, 0.29) is 12.7 Å². The predicted octanol–water partition coefficient (Wildman–Crippen LogP) is 2.29. The van der Waals surface area contributed by atoms with E-state index in [1.54, 1.807) is 0 Å². The molecule has 0 amide bonds. The smallest absolute Gasteiger partial charge is 0.112 e. The zero-order chi connectivity index (χ0) is 20.1. The zero-order valence-electron chi connectivity index (χ0n) is 17.8. The van der Waals surface area contributed by atoms with E-state index in [0.29, 0.717) is 66.1 Å². The molecular weight excluding hydrogens is 340 g/mol. The maximum atomic E-state index is 8.07. The highest BCUT2D eigenvalue weighted by Gasteiger charge is 2.26. The first kappa shape index (κ1) is 27.9. The number of rotatable bonds is 17. The summed E-state index contributed by atoms with van der Waals surface area (Å²) in [6.45, 7) is 17.8. The SMILES string of the molecule is CCOCC(COCC(C)(COCC)OCC)OCC.CCOCCO. The third-order valence-corrected chi connectivity index (χ3v) is 3.17. The van der Waals surface area contributed by atoms with Crippen LogP contribution in [-0.4, -0.2) is 89.5 Å². The molecule has 0 aliphatic heterocycles. The Hall–Kier alpha value is -0.280. The Labute approximate surface area is 160 Å². The van der Waals surface area contributed by atoms with E-state index in [9.17, 15) is 0 Å². The summed E-state index contributed by atoms with van der Waals surface area (Å²) in [5.74, 6) is 0. The summed E-state index contributed by atoms with van der Waals surface area (Å²) in [5.41, 5.74) is -0.410. The fourth-order valence-corrected chi connectivity index (χ4v) is 2.04. The number of ether oxygens (including phenoxy) is 6. The van der Waals surface area contributed by atoms with Gasteiger partial charge in [-0.15, -0.1) is 0 Å². The van der Waals surface area contributed by atoms with Gasteiger partial charge in [0.25, 0.3) is 0 Å². The molecule has 7 heteroatoms. The molecule has 1 N–H and O–H groups in total. The molecular formula is C19H42O7. The fourth-order valence-electron chi connectivity index (χ4n) is 2.04. The monoisotopic (exact) mass is 382 g/mol. The van der Waals surface area contributed by atoms with Gasteiger partial charge in [0.1, 0.15) is 11.7 Å². The van der Waals surface area contributed by atoms with Crippen LogP contribution in [0.15, 0.2) is 0 Å². The number of hydrogen-bond donors (Lipinski definition) is 1. The van der Waals surface area contributed by atoms with Gasteiger partial charge >= 0.3 is 0 Å². The van der Waals surface area contributed by atoms with E-state index in [1.807, 2.05) is 41.5 Å². The van der Waals surface area contributed by atoms with Crippen molar-refractivity contribution in [2.45, 2.75) is 53.2 Å². The average Bonchev–Trinajstić information content (AvgIpc) is 2.63. The molecule has 0 saturated heterocycles. The Bertz CT molecular complexity index is 262. The normalized spacial score (nSPS) is 14.4. The molecule has 0 heterocycles. The molecule has 0 fully saturated rings. The van der Waals surface area contributed by atoms with Gasteiger partial charge in [0.2, 0.25) is 0 Å². The van der Waals surface area contributed by atoms with Crippen molar-refractivity contribution in [3.63, 3.8) is 0 Å². The van der Waals surface area contributed by atoms with Crippen molar-refractivity contribution < 1.29 is 33.5 Å². The van der Waals surface area contributed by atoms with E-state index in [1.165, 1.54) is 0 Å². The van der Waals surface area contributed by atoms with E-state index < -0.39 is 5.60 Å². The van der Waals surface area contributed by atoms with Crippen LogP contribution in [0.1, 0.15) is 41.5 Å². The Morgan fingerprint density at radius 1 is 0.731 bits per heavy atom. The van der Waals surface area contributed by atoms with Crippen molar-refractivity contribution in [2.24, 2.45) is 0 Å². The van der Waals surface area contributed by atoms with Crippen LogP contribution in [0.5, 0.6) is 0 Å². The van der Waals surface area contributed by atoms with Gasteiger partial charge in [0, 0.05) is 33.0 Å². The van der Waals surface area contributed by atoms with Crippen LogP contribution in [-0.2, 0) is 28.4 Å². The molecule has 0 aliphatic rings. The van der Waals surface area contributed by atoms with Gasteiger partial charge in [-0.2, -0.15) is 0 Å². The lowest BCUT2D eigenvalue weighted by atomic mass is 10.1. The first-order chi connectivity index (χ1) is 12.5. The van der Waals surface area contributed by atoms with Crippen molar-refractivity contribution in [1.29, 1.82) is 0 Å². The molecule has 0 aromatic rings. The van der Waals surface area contributed by atoms with Crippen LogP contribution in [0.4, 0.5) is 0 Å². The van der Waals surface area contributed by atoms with Gasteiger partial charge < -0.3 is 33.5 Å². The summed E-state index contributed by atoms with van der Waals surface area (Å²) >= 11 is 0. The molecule has 160 valence electrons. The summed E-state index contributed by atoms with van der Waals surface area (Å²) in [5, 5.41) is 8.07. The van der Waals surface area contributed by atoms with Crippen LogP contribution in [0.2, 0.25) is 0 Å². The average molecular weight is 383 g/mol. The van der Waals surface area contributed by atoms with Crippen LogP contribution < -0.4 is 0 Å². The number of hydrogen-bond acceptors (Lipinski definition) is 7. The van der Waals surface area contributed by atoms with Gasteiger partial charge in [0.05, 0.1) is 39.6 Å². The Balaban J connectivity index is 0. The molecule has 0 aromatic carbocycles. The second-order valence-electron chi connectivity index (χ2n) is 5.69. The minimum atomic E-state index is -0.410. The quantitative estimate of drug-likeness (QED) is 0.387. The predicted molar refractivity (Wildman–Crippen MR) is 103 cm³/mol. The molecule has 26 heavy (non-hydrogen) atoms. The van der Waals surface area contributed by atoms with E-state index in [0.717, 1.165) is 0 Å². The minimum Gasteiger partial charge on any atom is -0.394 e. The van der Waals surface area contributed by atoms with Crippen molar-refractivity contribution in [3.8, 4) is 0 Å². The lowest BCUT2D eigenvalue weighted by molar-refractivity contribution is -0.136. The summed E-state index contributed by atoms with van der Waals surface area (Å²) in [6.07, 6.45) is -0.0297. The maximum Gasteiger partial charge on any atom is 0.112 e. The molecule has 0 saturated carbocycles. The molecule has 7 nitrogen and oxygen atoms in total. The fraction of sp³-hybridized carbons (Fsp3) is 1.00. The second kappa shape index (κ2) is 21.0. The highest BCUT2D eigenvalue weighted by molar-refractivity contribution is 4.74. The number of aliphatic hydroxyl groups excluding tert-OH is 1. The van der Waals surface area contributed by atoms with Gasteiger partial charge in [-0.05, 0) is 41.5 Å². The molecule has 0 aromatic heterocycles. The second-order valence-corrected chi connectivity index (χ2v) is 5.69. The van der Waals surface area contributed by atoms with E-state index >= 15 is 0 Å². The standard InChI is InChI=1S/C15H32O5.C4H10O2/c1-6-16-10-14(19-8-3)11-18-13-15(5,20-9-4)12-17-7-2;1-2-6-4-3-5/h14H,6-13H2,1-5H3;5H,2-4H2,1H3. The zero-order valence-corrected chi connectivity index (χ0v) is 17.8. The van der Waals surface area contributed by atoms with Crippen molar-refractivity contribution in [1.82, 2.24) is 0 Å². The Kier molecular flexibility index (Phi) is 22.6. The molecule has 0 spiro atoms. The lowest BCUT2D eigenvalue weighted by Gasteiger charge is -2.29. The molecule has 0 rings (SSSR count). The van der Waals surface area contributed by atoms with Gasteiger partial charge in [-0.25, -0.2) is 0 Å². The summed E-state index contributed by atoms with van der Waals surface area (Å²) in [6, 6.07) is 0. The van der Waals surface area contributed by atoms with Gasteiger partial charge in [-0.3, -0.25) is 0 Å². The Morgan fingerprint density at radius 3 is 1.77 bits per heavy atom. The van der Waals surface area contributed by atoms with E-state index in [2.05, 4.69) is 0 Å². The molecule has 0 bridgehead atoms. The highest BCUT2D eigenvalue weighted by atomic mass is 16.6. The van der Waals surface area contributed by atoms with Crippen molar-refractivity contribution in [3.05, 3.63) is 0 Å². The third-order valence-electron chi connectivity index (χ3n) is 3.17. The van der Waals surface area contributed by atoms with Crippen LogP contribution in [0.25, 0.3) is 0 Å². The first-order valence-corrected chi connectivity index (χ1v) is 9.70. The van der Waals surface area contributed by atoms with Crippen LogP contribution in [0.3, 0.4) is 0 Å². The Morgan fingerprint density at radius 2 is 1.31 bits per heavy atom.